The third-order valence-corrected chi connectivity index (χ3v) is 3.21. The second-order valence-electron chi connectivity index (χ2n) is 4.50. The molecule has 20 heavy (non-hydrogen) atoms. The highest BCUT2D eigenvalue weighted by atomic mass is 16.5. The summed E-state index contributed by atoms with van der Waals surface area (Å²) in [5.74, 6) is 1.46. The van der Waals surface area contributed by atoms with Gasteiger partial charge in [-0.05, 0) is 18.2 Å². The minimum atomic E-state index is 0.178. The fourth-order valence-corrected chi connectivity index (χ4v) is 2.15. The van der Waals surface area contributed by atoms with Gasteiger partial charge in [0.05, 0.1) is 19.9 Å². The van der Waals surface area contributed by atoms with Crippen molar-refractivity contribution in [1.29, 1.82) is 0 Å². The minimum absolute atomic E-state index is 0.178. The number of para-hydroxylation sites is 3. The number of hydrogen-bond acceptors (Lipinski definition) is 4. The zero-order valence-electron chi connectivity index (χ0n) is 12.0. The summed E-state index contributed by atoms with van der Waals surface area (Å²) in [5, 5.41) is 10.1. The van der Waals surface area contributed by atoms with Gasteiger partial charge in [-0.25, -0.2) is 0 Å². The molecule has 2 aromatic rings. The van der Waals surface area contributed by atoms with Crippen LogP contribution in [0.5, 0.6) is 17.2 Å². The Balaban J connectivity index is 2.26. The van der Waals surface area contributed by atoms with Crippen LogP contribution < -0.4 is 14.4 Å². The van der Waals surface area contributed by atoms with Crippen molar-refractivity contribution in [2.45, 2.75) is 6.54 Å². The van der Waals surface area contributed by atoms with Crippen LogP contribution in [0.4, 0.5) is 5.69 Å². The SMILES string of the molecule is COc1ccccc1N(C)Cc1cccc(OC)c1O. The van der Waals surface area contributed by atoms with E-state index in [9.17, 15) is 5.11 Å². The molecule has 4 heteroatoms. The Morgan fingerprint density at radius 1 is 0.950 bits per heavy atom. The molecule has 0 aliphatic heterocycles. The summed E-state index contributed by atoms with van der Waals surface area (Å²) in [7, 11) is 5.15. The topological polar surface area (TPSA) is 41.9 Å². The second kappa shape index (κ2) is 6.19. The molecule has 0 aliphatic carbocycles. The zero-order chi connectivity index (χ0) is 14.5. The van der Waals surface area contributed by atoms with E-state index in [4.69, 9.17) is 9.47 Å². The van der Waals surface area contributed by atoms with Crippen molar-refractivity contribution in [2.75, 3.05) is 26.2 Å². The van der Waals surface area contributed by atoms with E-state index in [1.54, 1.807) is 20.3 Å². The standard InChI is InChI=1S/C16H19NO3/c1-17(13-8-4-5-9-14(13)19-2)11-12-7-6-10-15(20-3)16(12)18/h4-10,18H,11H2,1-3H3. The number of benzene rings is 2. The Morgan fingerprint density at radius 3 is 2.30 bits per heavy atom. The lowest BCUT2D eigenvalue weighted by Gasteiger charge is -2.22. The Labute approximate surface area is 119 Å². The average Bonchev–Trinajstić information content (AvgIpc) is 2.49. The predicted molar refractivity (Wildman–Crippen MR) is 79.8 cm³/mol. The van der Waals surface area contributed by atoms with Crippen LogP contribution in [0.1, 0.15) is 5.56 Å². The number of phenolic OH excluding ortho intramolecular Hbond substituents is 1. The van der Waals surface area contributed by atoms with Gasteiger partial charge in [0.1, 0.15) is 5.75 Å². The van der Waals surface area contributed by atoms with E-state index in [0.717, 1.165) is 17.0 Å². The average molecular weight is 273 g/mol. The van der Waals surface area contributed by atoms with E-state index in [-0.39, 0.29) is 5.75 Å². The van der Waals surface area contributed by atoms with Gasteiger partial charge in [0.25, 0.3) is 0 Å². The molecule has 0 aromatic heterocycles. The van der Waals surface area contributed by atoms with Gasteiger partial charge in [0.2, 0.25) is 0 Å². The first kappa shape index (κ1) is 14.1. The summed E-state index contributed by atoms with van der Waals surface area (Å²) in [6.45, 7) is 0.559. The first-order valence-corrected chi connectivity index (χ1v) is 6.36. The number of methoxy groups -OCH3 is 2. The molecule has 0 atom stereocenters. The third-order valence-electron chi connectivity index (χ3n) is 3.21. The highest BCUT2D eigenvalue weighted by Gasteiger charge is 2.12. The first-order chi connectivity index (χ1) is 9.67. The van der Waals surface area contributed by atoms with Gasteiger partial charge in [-0.2, -0.15) is 0 Å². The molecule has 0 saturated heterocycles. The van der Waals surface area contributed by atoms with Gasteiger partial charge < -0.3 is 19.5 Å². The van der Waals surface area contributed by atoms with Gasteiger partial charge in [-0.15, -0.1) is 0 Å². The normalized spacial score (nSPS) is 10.2. The monoisotopic (exact) mass is 273 g/mol. The number of aromatic hydroxyl groups is 1. The van der Waals surface area contributed by atoms with Crippen LogP contribution in [0.25, 0.3) is 0 Å². The Kier molecular flexibility index (Phi) is 4.35. The van der Waals surface area contributed by atoms with E-state index < -0.39 is 0 Å². The lowest BCUT2D eigenvalue weighted by molar-refractivity contribution is 0.370. The van der Waals surface area contributed by atoms with Crippen molar-refractivity contribution >= 4 is 5.69 Å². The highest BCUT2D eigenvalue weighted by Crippen LogP contribution is 2.33. The fourth-order valence-electron chi connectivity index (χ4n) is 2.15. The van der Waals surface area contributed by atoms with Crippen molar-refractivity contribution in [1.82, 2.24) is 0 Å². The van der Waals surface area contributed by atoms with Gasteiger partial charge in [0.15, 0.2) is 11.5 Å². The Bertz CT molecular complexity index is 584. The van der Waals surface area contributed by atoms with E-state index in [1.807, 2.05) is 48.3 Å². The summed E-state index contributed by atoms with van der Waals surface area (Å²) >= 11 is 0. The molecule has 0 aliphatic rings. The maximum Gasteiger partial charge on any atom is 0.162 e. The van der Waals surface area contributed by atoms with Crippen LogP contribution in [0.3, 0.4) is 0 Å². The smallest absolute Gasteiger partial charge is 0.162 e. The van der Waals surface area contributed by atoms with Crippen LogP contribution in [-0.2, 0) is 6.54 Å². The molecule has 0 unspecified atom stereocenters. The van der Waals surface area contributed by atoms with E-state index in [2.05, 4.69) is 0 Å². The highest BCUT2D eigenvalue weighted by molar-refractivity contribution is 5.59. The van der Waals surface area contributed by atoms with Gasteiger partial charge >= 0.3 is 0 Å². The van der Waals surface area contributed by atoms with Crippen LogP contribution >= 0.6 is 0 Å². The lowest BCUT2D eigenvalue weighted by Crippen LogP contribution is -2.17. The number of phenols is 1. The van der Waals surface area contributed by atoms with Crippen LogP contribution in [-0.4, -0.2) is 26.4 Å². The predicted octanol–water partition coefficient (Wildman–Crippen LogP) is 3.05. The van der Waals surface area contributed by atoms with Crippen molar-refractivity contribution in [3.63, 3.8) is 0 Å². The molecule has 0 radical (unpaired) electrons. The summed E-state index contributed by atoms with van der Waals surface area (Å²) < 4.78 is 10.5. The molecule has 0 spiro atoms. The van der Waals surface area contributed by atoms with Crippen LogP contribution in [0, 0.1) is 0 Å². The molecule has 0 heterocycles. The third kappa shape index (κ3) is 2.79. The second-order valence-corrected chi connectivity index (χ2v) is 4.50. The molecular formula is C16H19NO3. The van der Waals surface area contributed by atoms with Crippen molar-refractivity contribution < 1.29 is 14.6 Å². The van der Waals surface area contributed by atoms with Crippen molar-refractivity contribution in [3.05, 3.63) is 48.0 Å². The quantitative estimate of drug-likeness (QED) is 0.909. The Morgan fingerprint density at radius 2 is 1.60 bits per heavy atom. The van der Waals surface area contributed by atoms with E-state index in [1.165, 1.54) is 0 Å². The van der Waals surface area contributed by atoms with Crippen LogP contribution in [0.15, 0.2) is 42.5 Å². The summed E-state index contributed by atoms with van der Waals surface area (Å²) in [5.41, 5.74) is 1.77. The summed E-state index contributed by atoms with van der Waals surface area (Å²) in [4.78, 5) is 2.02. The fraction of sp³-hybridized carbons (Fsp3) is 0.250. The molecule has 106 valence electrons. The molecule has 0 saturated carbocycles. The van der Waals surface area contributed by atoms with E-state index >= 15 is 0 Å². The van der Waals surface area contributed by atoms with Crippen molar-refractivity contribution in [3.8, 4) is 17.2 Å². The van der Waals surface area contributed by atoms with Crippen LogP contribution in [0.2, 0.25) is 0 Å². The molecule has 1 N–H and O–H groups in total. The Hall–Kier alpha value is -2.36. The summed E-state index contributed by atoms with van der Waals surface area (Å²) in [6.07, 6.45) is 0. The molecule has 2 aromatic carbocycles. The molecule has 0 fully saturated rings. The minimum Gasteiger partial charge on any atom is -0.504 e. The van der Waals surface area contributed by atoms with Gasteiger partial charge in [-0.3, -0.25) is 0 Å². The van der Waals surface area contributed by atoms with Gasteiger partial charge in [-0.1, -0.05) is 24.3 Å². The molecular weight excluding hydrogens is 254 g/mol. The number of nitrogens with zero attached hydrogens (tertiary/aromatic N) is 1. The number of anilines is 1. The number of rotatable bonds is 5. The maximum atomic E-state index is 10.1. The molecule has 0 amide bonds. The number of ether oxygens (including phenoxy) is 2. The lowest BCUT2D eigenvalue weighted by atomic mass is 10.1. The molecule has 4 nitrogen and oxygen atoms in total. The van der Waals surface area contributed by atoms with E-state index in [0.29, 0.717) is 12.3 Å². The maximum absolute atomic E-state index is 10.1. The first-order valence-electron chi connectivity index (χ1n) is 6.36. The zero-order valence-corrected chi connectivity index (χ0v) is 12.0. The number of hydrogen-bond donors (Lipinski definition) is 1. The van der Waals surface area contributed by atoms with Crippen molar-refractivity contribution in [2.24, 2.45) is 0 Å². The summed E-state index contributed by atoms with van der Waals surface area (Å²) in [6, 6.07) is 13.3. The largest absolute Gasteiger partial charge is 0.504 e. The molecule has 2 rings (SSSR count). The van der Waals surface area contributed by atoms with Gasteiger partial charge in [0, 0.05) is 19.2 Å². The molecule has 0 bridgehead atoms.